The maximum absolute atomic E-state index is 16.0. The normalized spacial score (nSPS) is 13.3. The first-order valence-electron chi connectivity index (χ1n) is 11.8. The van der Waals surface area contributed by atoms with Gasteiger partial charge in [-0.1, -0.05) is 18.2 Å². The Bertz CT molecular complexity index is 1810. The minimum Gasteiger partial charge on any atom is -0.337 e. The Hall–Kier alpha value is -4.99. The average Bonchev–Trinajstić information content (AvgIpc) is 3.54. The van der Waals surface area contributed by atoms with Crippen molar-refractivity contribution in [2.75, 3.05) is 5.32 Å². The second-order valence-corrected chi connectivity index (χ2v) is 9.01. The number of aromatic nitrogens is 7. The topological polar surface area (TPSA) is 125 Å². The molecule has 9 nitrogen and oxygen atoms in total. The summed E-state index contributed by atoms with van der Waals surface area (Å²) in [5.41, 5.74) is 4.98. The molecule has 1 aromatic carbocycles. The third kappa shape index (κ3) is 3.70. The number of carbonyl (C=O) groups excluding carboxylic acids is 1. The molecule has 1 aliphatic carbocycles. The number of aromatic amines is 2. The smallest absolute Gasteiger partial charge is 0.227 e. The van der Waals surface area contributed by atoms with Gasteiger partial charge in [0.2, 0.25) is 5.91 Å². The molecule has 0 atom stereocenters. The number of para-hydroxylation sites is 1. The lowest BCUT2D eigenvalue weighted by Gasteiger charge is -2.07. The first-order chi connectivity index (χ1) is 18.2. The number of nitrogens with one attached hydrogen (secondary N) is 3. The number of amides is 1. The van der Waals surface area contributed by atoms with E-state index < -0.39 is 5.82 Å². The standard InChI is InChI=1S/C27H19FN8O/c28-22-21-20(13-31-23(22)15-10-16(12-29-11-15)32-27(37)14-7-8-14)35-36-25(21)26-33-19-6-3-4-17(24(19)34-26)18-5-1-2-9-30-18/h1-6,9-14H,7-8H2,(H,32,37)(H,33,34)(H,35,36). The molecule has 180 valence electrons. The van der Waals surface area contributed by atoms with Crippen molar-refractivity contribution >= 4 is 33.5 Å². The zero-order valence-electron chi connectivity index (χ0n) is 19.4. The molecule has 5 heterocycles. The second-order valence-electron chi connectivity index (χ2n) is 9.01. The van der Waals surface area contributed by atoms with Gasteiger partial charge in [-0.15, -0.1) is 0 Å². The first kappa shape index (κ1) is 21.3. The van der Waals surface area contributed by atoms with Gasteiger partial charge in [0.25, 0.3) is 0 Å². The largest absolute Gasteiger partial charge is 0.337 e. The van der Waals surface area contributed by atoms with Crippen LogP contribution in [0.3, 0.4) is 0 Å². The van der Waals surface area contributed by atoms with Crippen molar-refractivity contribution < 1.29 is 9.18 Å². The monoisotopic (exact) mass is 490 g/mol. The second kappa shape index (κ2) is 8.30. The molecular weight excluding hydrogens is 471 g/mol. The van der Waals surface area contributed by atoms with Crippen LogP contribution in [0.5, 0.6) is 0 Å². The zero-order valence-corrected chi connectivity index (χ0v) is 19.4. The number of rotatable bonds is 5. The van der Waals surface area contributed by atoms with Crippen LogP contribution in [0.25, 0.3) is 56.0 Å². The molecule has 1 amide bonds. The van der Waals surface area contributed by atoms with E-state index in [0.717, 1.165) is 29.6 Å². The number of carbonyl (C=O) groups is 1. The summed E-state index contributed by atoms with van der Waals surface area (Å²) in [5, 5.41) is 10.3. The quantitative estimate of drug-likeness (QED) is 0.308. The van der Waals surface area contributed by atoms with Crippen molar-refractivity contribution in [2.24, 2.45) is 5.92 Å². The lowest BCUT2D eigenvalue weighted by atomic mass is 10.1. The fourth-order valence-electron chi connectivity index (χ4n) is 4.45. The fourth-order valence-corrected chi connectivity index (χ4v) is 4.45. The average molecular weight is 491 g/mol. The maximum Gasteiger partial charge on any atom is 0.227 e. The fraction of sp³-hybridized carbons (Fsp3) is 0.111. The zero-order chi connectivity index (χ0) is 24.9. The van der Waals surface area contributed by atoms with Gasteiger partial charge in [-0.05, 0) is 37.1 Å². The van der Waals surface area contributed by atoms with Crippen LogP contribution in [0.15, 0.2) is 67.3 Å². The van der Waals surface area contributed by atoms with Gasteiger partial charge in [-0.25, -0.2) is 9.37 Å². The van der Waals surface area contributed by atoms with Gasteiger partial charge < -0.3 is 10.3 Å². The summed E-state index contributed by atoms with van der Waals surface area (Å²) >= 11 is 0. The third-order valence-electron chi connectivity index (χ3n) is 6.45. The number of benzene rings is 1. The van der Waals surface area contributed by atoms with Gasteiger partial charge >= 0.3 is 0 Å². The molecule has 7 rings (SSSR count). The summed E-state index contributed by atoms with van der Waals surface area (Å²) in [5.74, 6) is -0.136. The van der Waals surface area contributed by atoms with Crippen molar-refractivity contribution in [2.45, 2.75) is 12.8 Å². The number of hydrogen-bond acceptors (Lipinski definition) is 6. The molecule has 37 heavy (non-hydrogen) atoms. The van der Waals surface area contributed by atoms with E-state index in [1.807, 2.05) is 36.4 Å². The molecule has 5 aromatic heterocycles. The number of fused-ring (bicyclic) bond motifs is 2. The highest BCUT2D eigenvalue weighted by Gasteiger charge is 2.29. The van der Waals surface area contributed by atoms with Crippen LogP contribution >= 0.6 is 0 Å². The van der Waals surface area contributed by atoms with Gasteiger partial charge in [0, 0.05) is 29.4 Å². The van der Waals surface area contributed by atoms with Crippen molar-refractivity contribution in [1.82, 2.24) is 35.1 Å². The predicted octanol–water partition coefficient (Wildman–Crippen LogP) is 5.11. The molecule has 0 spiro atoms. The summed E-state index contributed by atoms with van der Waals surface area (Å²) in [4.78, 5) is 33.1. The van der Waals surface area contributed by atoms with Gasteiger partial charge in [0.15, 0.2) is 11.6 Å². The van der Waals surface area contributed by atoms with E-state index in [4.69, 9.17) is 4.98 Å². The minimum absolute atomic E-state index is 0.0464. The van der Waals surface area contributed by atoms with Gasteiger partial charge in [-0.3, -0.25) is 24.8 Å². The number of imidazole rings is 1. The Morgan fingerprint density at radius 2 is 1.92 bits per heavy atom. The lowest BCUT2D eigenvalue weighted by molar-refractivity contribution is -0.117. The number of hydrogen-bond donors (Lipinski definition) is 3. The van der Waals surface area contributed by atoms with Crippen molar-refractivity contribution in [3.05, 3.63) is 73.1 Å². The van der Waals surface area contributed by atoms with Crippen LogP contribution in [-0.4, -0.2) is 41.0 Å². The van der Waals surface area contributed by atoms with E-state index in [2.05, 4.69) is 35.5 Å². The molecule has 10 heteroatoms. The van der Waals surface area contributed by atoms with Crippen LogP contribution in [-0.2, 0) is 4.79 Å². The molecule has 1 saturated carbocycles. The van der Waals surface area contributed by atoms with Gasteiger partial charge in [-0.2, -0.15) is 5.10 Å². The summed E-state index contributed by atoms with van der Waals surface area (Å²) in [7, 11) is 0. The molecular formula is C27H19FN8O. The van der Waals surface area contributed by atoms with Crippen molar-refractivity contribution in [3.63, 3.8) is 0 Å². The predicted molar refractivity (Wildman–Crippen MR) is 137 cm³/mol. The SMILES string of the molecule is O=C(Nc1cncc(-c2ncc3[nH]nc(-c4nc5c(-c6ccccn6)cccc5[nH]4)c3c2F)c1)C1CC1. The summed E-state index contributed by atoms with van der Waals surface area (Å²) < 4.78 is 16.0. The van der Waals surface area contributed by atoms with Crippen LogP contribution in [0, 0.1) is 11.7 Å². The Balaban J connectivity index is 1.32. The highest BCUT2D eigenvalue weighted by Crippen LogP contribution is 2.35. The number of nitrogens with zero attached hydrogens (tertiary/aromatic N) is 5. The Morgan fingerprint density at radius 1 is 1.00 bits per heavy atom. The first-order valence-corrected chi connectivity index (χ1v) is 11.8. The Morgan fingerprint density at radius 3 is 2.76 bits per heavy atom. The van der Waals surface area contributed by atoms with Gasteiger partial charge in [0.1, 0.15) is 11.4 Å². The summed E-state index contributed by atoms with van der Waals surface area (Å²) in [6.45, 7) is 0. The molecule has 0 radical (unpaired) electrons. The van der Waals surface area contributed by atoms with Crippen molar-refractivity contribution in [3.8, 4) is 34.0 Å². The van der Waals surface area contributed by atoms with Crippen molar-refractivity contribution in [1.29, 1.82) is 0 Å². The highest BCUT2D eigenvalue weighted by molar-refractivity contribution is 5.98. The van der Waals surface area contributed by atoms with Crippen LogP contribution in [0.4, 0.5) is 10.1 Å². The third-order valence-corrected chi connectivity index (χ3v) is 6.45. The molecule has 0 unspecified atom stereocenters. The number of pyridine rings is 3. The highest BCUT2D eigenvalue weighted by atomic mass is 19.1. The van der Waals surface area contributed by atoms with Crippen LogP contribution in [0.2, 0.25) is 0 Å². The molecule has 0 bridgehead atoms. The molecule has 0 saturated heterocycles. The Kier molecular flexibility index (Phi) is 4.78. The number of H-pyrrole nitrogens is 2. The minimum atomic E-state index is -0.556. The lowest BCUT2D eigenvalue weighted by Crippen LogP contribution is -2.13. The van der Waals surface area contributed by atoms with Gasteiger partial charge in [0.05, 0.1) is 45.7 Å². The van der Waals surface area contributed by atoms with E-state index in [1.165, 1.54) is 18.6 Å². The van der Waals surface area contributed by atoms with Crippen LogP contribution in [0.1, 0.15) is 12.8 Å². The molecule has 1 aliphatic rings. The number of halogens is 1. The van der Waals surface area contributed by atoms with E-state index >= 15 is 4.39 Å². The van der Waals surface area contributed by atoms with E-state index in [9.17, 15) is 4.79 Å². The Labute approximate surface area is 209 Å². The van der Waals surface area contributed by atoms with E-state index in [0.29, 0.717) is 33.8 Å². The summed E-state index contributed by atoms with van der Waals surface area (Å²) in [6.07, 6.45) is 8.09. The summed E-state index contributed by atoms with van der Waals surface area (Å²) in [6, 6.07) is 13.1. The molecule has 1 fully saturated rings. The molecule has 0 aliphatic heterocycles. The molecule has 3 N–H and O–H groups in total. The number of anilines is 1. The molecule has 6 aromatic rings. The van der Waals surface area contributed by atoms with E-state index in [1.54, 1.807) is 12.3 Å². The maximum atomic E-state index is 16.0. The van der Waals surface area contributed by atoms with Crippen LogP contribution < -0.4 is 5.32 Å². The van der Waals surface area contributed by atoms with E-state index in [-0.39, 0.29) is 22.9 Å².